The molecule has 2 heterocycles. The van der Waals surface area contributed by atoms with E-state index in [0.717, 1.165) is 23.3 Å². The van der Waals surface area contributed by atoms with E-state index in [2.05, 4.69) is 39.9 Å². The summed E-state index contributed by atoms with van der Waals surface area (Å²) >= 11 is 5.27. The molecule has 102 valence electrons. The van der Waals surface area contributed by atoms with E-state index in [0.29, 0.717) is 5.92 Å². The number of hydrogen-bond donors (Lipinski definition) is 2. The Kier molecular flexibility index (Phi) is 4.83. The second kappa shape index (κ2) is 6.01. The van der Waals surface area contributed by atoms with Crippen LogP contribution in [0.2, 0.25) is 0 Å². The van der Waals surface area contributed by atoms with E-state index in [9.17, 15) is 5.11 Å². The standard InChI is InChI=1S/C13H21BrN2OS/c1-8(15)13(11-3-4-12(14)18-11)16-6-5-10(7-16)9(2)17/h3-4,8-10,13,17H,5-7,15H2,1-2H3. The molecule has 0 bridgehead atoms. The van der Waals surface area contributed by atoms with Crippen LogP contribution in [-0.4, -0.2) is 35.2 Å². The zero-order chi connectivity index (χ0) is 13.3. The van der Waals surface area contributed by atoms with Crippen molar-refractivity contribution in [3.8, 4) is 0 Å². The topological polar surface area (TPSA) is 49.5 Å². The SMILES string of the molecule is CC(N)C(c1ccc(Br)s1)N1CCC(C(C)O)C1. The molecule has 2 rings (SSSR count). The summed E-state index contributed by atoms with van der Waals surface area (Å²) in [5.74, 6) is 0.384. The average Bonchev–Trinajstić information content (AvgIpc) is 2.88. The number of rotatable bonds is 4. The molecule has 1 aliphatic rings. The average molecular weight is 333 g/mol. The maximum absolute atomic E-state index is 9.70. The number of thiophene rings is 1. The molecule has 0 amide bonds. The molecular weight excluding hydrogens is 312 g/mol. The monoisotopic (exact) mass is 332 g/mol. The predicted octanol–water partition coefficient (Wildman–Crippen LogP) is 2.60. The molecule has 4 unspecified atom stereocenters. The van der Waals surface area contributed by atoms with Gasteiger partial charge < -0.3 is 10.8 Å². The molecule has 1 fully saturated rings. The number of nitrogens with zero attached hydrogens (tertiary/aromatic N) is 1. The first-order chi connectivity index (χ1) is 8.49. The van der Waals surface area contributed by atoms with Crippen molar-refractivity contribution in [2.45, 2.75) is 38.5 Å². The molecule has 0 saturated carbocycles. The minimum absolute atomic E-state index is 0.100. The number of likely N-dealkylation sites (tertiary alicyclic amines) is 1. The zero-order valence-corrected chi connectivity index (χ0v) is 13.2. The Hall–Kier alpha value is 0.0600. The molecule has 18 heavy (non-hydrogen) atoms. The van der Waals surface area contributed by atoms with Crippen molar-refractivity contribution in [3.63, 3.8) is 0 Å². The summed E-state index contributed by atoms with van der Waals surface area (Å²) in [7, 11) is 0. The third-order valence-corrected chi connectivity index (χ3v) is 5.41. The number of aliphatic hydroxyl groups is 1. The van der Waals surface area contributed by atoms with Crippen molar-refractivity contribution in [1.82, 2.24) is 4.90 Å². The number of nitrogens with two attached hydrogens (primary N) is 1. The van der Waals surface area contributed by atoms with Gasteiger partial charge in [-0.15, -0.1) is 11.3 Å². The molecule has 3 nitrogen and oxygen atoms in total. The Labute approximate surface area is 121 Å². The van der Waals surface area contributed by atoms with Crippen molar-refractivity contribution in [2.24, 2.45) is 11.7 Å². The maximum Gasteiger partial charge on any atom is 0.0702 e. The zero-order valence-electron chi connectivity index (χ0n) is 10.8. The first-order valence-corrected chi connectivity index (χ1v) is 8.03. The third-order valence-electron chi connectivity index (χ3n) is 3.72. The van der Waals surface area contributed by atoms with Crippen LogP contribution in [0.1, 0.15) is 31.2 Å². The van der Waals surface area contributed by atoms with Gasteiger partial charge in [0.05, 0.1) is 15.9 Å². The first-order valence-electron chi connectivity index (χ1n) is 6.42. The molecule has 0 spiro atoms. The summed E-state index contributed by atoms with van der Waals surface area (Å²) in [5, 5.41) is 9.70. The Bertz CT molecular complexity index is 394. The highest BCUT2D eigenvalue weighted by atomic mass is 79.9. The molecule has 1 saturated heterocycles. The summed E-state index contributed by atoms with van der Waals surface area (Å²) in [6.07, 6.45) is 0.840. The lowest BCUT2D eigenvalue weighted by molar-refractivity contribution is 0.119. The van der Waals surface area contributed by atoms with Gasteiger partial charge in [0.2, 0.25) is 0 Å². The van der Waals surface area contributed by atoms with E-state index >= 15 is 0 Å². The van der Waals surface area contributed by atoms with Gasteiger partial charge in [-0.25, -0.2) is 0 Å². The third kappa shape index (κ3) is 3.14. The van der Waals surface area contributed by atoms with Crippen LogP contribution in [-0.2, 0) is 0 Å². The van der Waals surface area contributed by atoms with Crippen LogP contribution in [0, 0.1) is 5.92 Å². The second-order valence-corrected chi connectivity index (χ2v) is 7.72. The summed E-state index contributed by atoms with van der Waals surface area (Å²) in [5.41, 5.74) is 6.17. The normalized spacial score (nSPS) is 26.2. The Morgan fingerprint density at radius 3 is 2.67 bits per heavy atom. The Morgan fingerprint density at radius 2 is 2.22 bits per heavy atom. The quantitative estimate of drug-likeness (QED) is 0.890. The van der Waals surface area contributed by atoms with Crippen molar-refractivity contribution < 1.29 is 5.11 Å². The van der Waals surface area contributed by atoms with Crippen molar-refractivity contribution in [2.75, 3.05) is 13.1 Å². The van der Waals surface area contributed by atoms with Crippen LogP contribution in [0.4, 0.5) is 0 Å². The summed E-state index contributed by atoms with van der Waals surface area (Å²) < 4.78 is 1.15. The van der Waals surface area contributed by atoms with Gasteiger partial charge in [0, 0.05) is 17.5 Å². The molecule has 0 aromatic carbocycles. The van der Waals surface area contributed by atoms with Gasteiger partial charge in [0.1, 0.15) is 0 Å². The first kappa shape index (κ1) is 14.5. The van der Waals surface area contributed by atoms with E-state index in [1.807, 2.05) is 6.92 Å². The van der Waals surface area contributed by atoms with Crippen LogP contribution >= 0.6 is 27.3 Å². The predicted molar refractivity (Wildman–Crippen MR) is 79.8 cm³/mol. The summed E-state index contributed by atoms with van der Waals surface area (Å²) in [6, 6.07) is 4.60. The van der Waals surface area contributed by atoms with E-state index in [1.165, 1.54) is 4.88 Å². The van der Waals surface area contributed by atoms with E-state index in [-0.39, 0.29) is 18.2 Å². The molecular formula is C13H21BrN2OS. The van der Waals surface area contributed by atoms with E-state index in [1.54, 1.807) is 11.3 Å². The minimum Gasteiger partial charge on any atom is -0.393 e. The van der Waals surface area contributed by atoms with Crippen LogP contribution in [0.5, 0.6) is 0 Å². The van der Waals surface area contributed by atoms with Crippen LogP contribution in [0.3, 0.4) is 0 Å². The molecule has 0 radical (unpaired) electrons. The van der Waals surface area contributed by atoms with Gasteiger partial charge in [-0.2, -0.15) is 0 Å². The lowest BCUT2D eigenvalue weighted by Crippen LogP contribution is -2.38. The van der Waals surface area contributed by atoms with Crippen LogP contribution in [0.25, 0.3) is 0 Å². The molecule has 1 aromatic heterocycles. The van der Waals surface area contributed by atoms with Gasteiger partial charge in [-0.1, -0.05) is 0 Å². The van der Waals surface area contributed by atoms with Gasteiger partial charge in [0.25, 0.3) is 0 Å². The van der Waals surface area contributed by atoms with E-state index in [4.69, 9.17) is 5.73 Å². The molecule has 0 aliphatic carbocycles. The molecule has 3 N–H and O–H groups in total. The van der Waals surface area contributed by atoms with Gasteiger partial charge in [-0.05, 0) is 60.8 Å². The molecule has 4 atom stereocenters. The molecule has 5 heteroatoms. The fourth-order valence-electron chi connectivity index (χ4n) is 2.72. The Balaban J connectivity index is 2.12. The number of hydrogen-bond acceptors (Lipinski definition) is 4. The number of halogens is 1. The highest BCUT2D eigenvalue weighted by molar-refractivity contribution is 9.11. The Morgan fingerprint density at radius 1 is 1.50 bits per heavy atom. The van der Waals surface area contributed by atoms with Gasteiger partial charge in [-0.3, -0.25) is 4.90 Å². The van der Waals surface area contributed by atoms with Gasteiger partial charge in [0.15, 0.2) is 0 Å². The molecule has 1 aliphatic heterocycles. The lowest BCUT2D eigenvalue weighted by atomic mass is 10.0. The highest BCUT2D eigenvalue weighted by Gasteiger charge is 2.33. The van der Waals surface area contributed by atoms with Crippen molar-refractivity contribution in [1.29, 1.82) is 0 Å². The smallest absolute Gasteiger partial charge is 0.0702 e. The van der Waals surface area contributed by atoms with Gasteiger partial charge >= 0.3 is 0 Å². The largest absolute Gasteiger partial charge is 0.393 e. The van der Waals surface area contributed by atoms with Crippen molar-refractivity contribution >= 4 is 27.3 Å². The van der Waals surface area contributed by atoms with E-state index < -0.39 is 0 Å². The second-order valence-electron chi connectivity index (χ2n) is 5.23. The van der Waals surface area contributed by atoms with Crippen LogP contribution < -0.4 is 5.73 Å². The summed E-state index contributed by atoms with van der Waals surface area (Å²) in [6.45, 7) is 5.92. The van der Waals surface area contributed by atoms with Crippen LogP contribution in [0.15, 0.2) is 15.9 Å². The van der Waals surface area contributed by atoms with Crippen molar-refractivity contribution in [3.05, 3.63) is 20.8 Å². The number of aliphatic hydroxyl groups excluding tert-OH is 1. The maximum atomic E-state index is 9.70. The highest BCUT2D eigenvalue weighted by Crippen LogP contribution is 2.35. The molecule has 1 aromatic rings. The minimum atomic E-state index is -0.223. The lowest BCUT2D eigenvalue weighted by Gasteiger charge is -2.30. The fourth-order valence-corrected chi connectivity index (χ4v) is 4.40. The fraction of sp³-hybridized carbons (Fsp3) is 0.692. The summed E-state index contributed by atoms with van der Waals surface area (Å²) in [4.78, 5) is 3.73.